The third-order valence-electron chi connectivity index (χ3n) is 3.70. The lowest BCUT2D eigenvalue weighted by molar-refractivity contribution is -0.384. The van der Waals surface area contributed by atoms with Crippen LogP contribution in [0.25, 0.3) is 0 Å². The maximum absolute atomic E-state index is 12.0. The average molecular weight is 372 g/mol. The highest BCUT2D eigenvalue weighted by atomic mass is 16.6. The zero-order valence-electron chi connectivity index (χ0n) is 14.6. The number of nitro benzene ring substituents is 1. The van der Waals surface area contributed by atoms with Crippen LogP contribution in [0.1, 0.15) is 24.8 Å². The molecule has 1 amide bonds. The topological polar surface area (TPSA) is 119 Å². The Hall–Kier alpha value is -3.42. The van der Waals surface area contributed by atoms with E-state index in [1.165, 1.54) is 12.1 Å². The minimum absolute atomic E-state index is 0.00634. The molecule has 0 atom stereocenters. The van der Waals surface area contributed by atoms with E-state index in [0.717, 1.165) is 5.56 Å². The van der Waals surface area contributed by atoms with Gasteiger partial charge in [0, 0.05) is 30.7 Å². The first-order chi connectivity index (χ1) is 12.9. The number of hydrogen-bond acceptors (Lipinski definition) is 5. The molecule has 0 aliphatic carbocycles. The van der Waals surface area contributed by atoms with Crippen molar-refractivity contribution in [3.05, 3.63) is 64.2 Å². The van der Waals surface area contributed by atoms with Crippen molar-refractivity contribution in [3.8, 4) is 5.75 Å². The number of nitrogens with zero attached hydrogens (tertiary/aromatic N) is 1. The summed E-state index contributed by atoms with van der Waals surface area (Å²) >= 11 is 0. The average Bonchev–Trinajstić information content (AvgIpc) is 2.65. The first-order valence-electron chi connectivity index (χ1n) is 8.42. The van der Waals surface area contributed by atoms with Gasteiger partial charge in [-0.25, -0.2) is 0 Å². The summed E-state index contributed by atoms with van der Waals surface area (Å²) in [5.74, 6) is -0.464. The van der Waals surface area contributed by atoms with Gasteiger partial charge in [-0.2, -0.15) is 0 Å². The molecule has 2 aromatic rings. The highest BCUT2D eigenvalue weighted by molar-refractivity contribution is 5.90. The molecule has 8 heteroatoms. The first-order valence-corrected chi connectivity index (χ1v) is 8.42. The number of carbonyl (C=O) groups excluding carboxylic acids is 1. The second kappa shape index (κ2) is 9.91. The summed E-state index contributed by atoms with van der Waals surface area (Å²) in [6.07, 6.45) is 1.08. The summed E-state index contributed by atoms with van der Waals surface area (Å²) in [6, 6.07) is 13.0. The van der Waals surface area contributed by atoms with E-state index >= 15 is 0 Å². The van der Waals surface area contributed by atoms with Gasteiger partial charge in [0.1, 0.15) is 5.75 Å². The zero-order valence-corrected chi connectivity index (χ0v) is 14.6. The predicted octanol–water partition coefficient (Wildman–Crippen LogP) is 3.41. The summed E-state index contributed by atoms with van der Waals surface area (Å²) in [5, 5.41) is 22.1. The quantitative estimate of drug-likeness (QED) is 0.375. The van der Waals surface area contributed by atoms with Gasteiger partial charge < -0.3 is 15.2 Å². The lowest BCUT2D eigenvalue weighted by Gasteiger charge is -2.08. The molecule has 27 heavy (non-hydrogen) atoms. The summed E-state index contributed by atoms with van der Waals surface area (Å²) < 4.78 is 5.42. The number of rotatable bonds is 10. The second-order valence-electron chi connectivity index (χ2n) is 5.85. The van der Waals surface area contributed by atoms with E-state index in [4.69, 9.17) is 9.84 Å². The minimum Gasteiger partial charge on any atom is -0.494 e. The van der Waals surface area contributed by atoms with E-state index < -0.39 is 10.9 Å². The molecule has 8 nitrogen and oxygen atoms in total. The Morgan fingerprint density at radius 3 is 2.52 bits per heavy atom. The molecule has 0 spiro atoms. The van der Waals surface area contributed by atoms with Crippen LogP contribution < -0.4 is 10.1 Å². The molecule has 142 valence electrons. The van der Waals surface area contributed by atoms with Gasteiger partial charge in [-0.1, -0.05) is 12.1 Å². The Labute approximate surface area is 155 Å². The number of benzene rings is 2. The number of carboxylic acid groups (broad SMARTS) is 1. The van der Waals surface area contributed by atoms with Crippen LogP contribution in [0.2, 0.25) is 0 Å². The van der Waals surface area contributed by atoms with Gasteiger partial charge in [0.2, 0.25) is 5.91 Å². The third kappa shape index (κ3) is 7.15. The summed E-state index contributed by atoms with van der Waals surface area (Å²) in [5.41, 5.74) is 1.34. The molecule has 0 aliphatic rings. The summed E-state index contributed by atoms with van der Waals surface area (Å²) in [4.78, 5) is 32.8. The minimum atomic E-state index is -0.859. The van der Waals surface area contributed by atoms with E-state index in [0.29, 0.717) is 30.9 Å². The second-order valence-corrected chi connectivity index (χ2v) is 5.85. The van der Waals surface area contributed by atoms with Crippen molar-refractivity contribution in [2.45, 2.75) is 25.7 Å². The van der Waals surface area contributed by atoms with E-state index in [2.05, 4.69) is 5.32 Å². The summed E-state index contributed by atoms with van der Waals surface area (Å²) in [7, 11) is 0. The monoisotopic (exact) mass is 372 g/mol. The standard InChI is InChI=1S/C19H20N2O6/c22-18(11-6-14-3-1-4-16(13-14)21(25)26)20-15-7-9-17(10-8-15)27-12-2-5-19(23)24/h1,3-4,7-10,13H,2,5-6,11-12H2,(H,20,22)(H,23,24). The number of amides is 1. The van der Waals surface area contributed by atoms with Gasteiger partial charge in [0.25, 0.3) is 5.69 Å². The molecule has 2 N–H and O–H groups in total. The van der Waals surface area contributed by atoms with E-state index in [-0.39, 0.29) is 24.4 Å². The Morgan fingerprint density at radius 1 is 1.11 bits per heavy atom. The lowest BCUT2D eigenvalue weighted by Crippen LogP contribution is -2.12. The molecule has 0 bridgehead atoms. The predicted molar refractivity (Wildman–Crippen MR) is 98.9 cm³/mol. The van der Waals surface area contributed by atoms with E-state index in [1.807, 2.05) is 0 Å². The number of ether oxygens (including phenoxy) is 1. The van der Waals surface area contributed by atoms with Gasteiger partial charge in [-0.15, -0.1) is 0 Å². The maximum Gasteiger partial charge on any atom is 0.303 e. The van der Waals surface area contributed by atoms with Crippen LogP contribution in [0.3, 0.4) is 0 Å². The zero-order chi connectivity index (χ0) is 19.6. The van der Waals surface area contributed by atoms with Crippen LogP contribution in [-0.2, 0) is 16.0 Å². The van der Waals surface area contributed by atoms with E-state index in [1.54, 1.807) is 36.4 Å². The molecule has 0 aromatic heterocycles. The molecule has 0 aliphatic heterocycles. The van der Waals surface area contributed by atoms with Crippen molar-refractivity contribution in [3.63, 3.8) is 0 Å². The maximum atomic E-state index is 12.0. The molecular weight excluding hydrogens is 352 g/mol. The molecule has 2 rings (SSSR count). The SMILES string of the molecule is O=C(O)CCCOc1ccc(NC(=O)CCc2cccc([N+](=O)[O-])c2)cc1. The lowest BCUT2D eigenvalue weighted by atomic mass is 10.1. The van der Waals surface area contributed by atoms with Crippen LogP contribution in [0.4, 0.5) is 11.4 Å². The van der Waals surface area contributed by atoms with Crippen molar-refractivity contribution >= 4 is 23.3 Å². The third-order valence-corrected chi connectivity index (χ3v) is 3.70. The first kappa shape index (κ1) is 19.9. The highest BCUT2D eigenvalue weighted by Crippen LogP contribution is 2.17. The number of carbonyl (C=O) groups is 2. The smallest absolute Gasteiger partial charge is 0.303 e. The van der Waals surface area contributed by atoms with Gasteiger partial charge in [-0.05, 0) is 42.7 Å². The van der Waals surface area contributed by atoms with Crippen molar-refractivity contribution in [1.82, 2.24) is 0 Å². The molecule has 0 saturated carbocycles. The highest BCUT2D eigenvalue weighted by Gasteiger charge is 2.08. The number of aryl methyl sites for hydroxylation is 1. The van der Waals surface area contributed by atoms with Crippen molar-refractivity contribution < 1.29 is 24.4 Å². The number of hydrogen-bond donors (Lipinski definition) is 2. The van der Waals surface area contributed by atoms with Crippen molar-refractivity contribution in [2.24, 2.45) is 0 Å². The number of nitro groups is 1. The van der Waals surface area contributed by atoms with Crippen molar-refractivity contribution in [1.29, 1.82) is 0 Å². The van der Waals surface area contributed by atoms with Crippen LogP contribution in [0, 0.1) is 10.1 Å². The number of carboxylic acids is 1. The fraction of sp³-hybridized carbons (Fsp3) is 0.263. The fourth-order valence-corrected chi connectivity index (χ4v) is 2.35. The van der Waals surface area contributed by atoms with Crippen molar-refractivity contribution in [2.75, 3.05) is 11.9 Å². The van der Waals surface area contributed by atoms with Gasteiger partial charge in [0.05, 0.1) is 11.5 Å². The molecule has 0 unspecified atom stereocenters. The van der Waals surface area contributed by atoms with Gasteiger partial charge in [0.15, 0.2) is 0 Å². The van der Waals surface area contributed by atoms with Crippen LogP contribution >= 0.6 is 0 Å². The van der Waals surface area contributed by atoms with E-state index in [9.17, 15) is 19.7 Å². The Morgan fingerprint density at radius 2 is 1.85 bits per heavy atom. The van der Waals surface area contributed by atoms with Crippen LogP contribution in [0.5, 0.6) is 5.75 Å². The molecule has 0 saturated heterocycles. The molecule has 2 aromatic carbocycles. The number of aliphatic carboxylic acids is 1. The van der Waals surface area contributed by atoms with Crippen LogP contribution in [-0.4, -0.2) is 28.5 Å². The molecule has 0 radical (unpaired) electrons. The Kier molecular flexibility index (Phi) is 7.30. The number of non-ortho nitro benzene ring substituents is 1. The molecular formula is C19H20N2O6. The van der Waals surface area contributed by atoms with Gasteiger partial charge in [-0.3, -0.25) is 19.7 Å². The molecule has 0 heterocycles. The van der Waals surface area contributed by atoms with Crippen LogP contribution in [0.15, 0.2) is 48.5 Å². The largest absolute Gasteiger partial charge is 0.494 e. The Balaban J connectivity index is 1.77. The number of nitrogens with one attached hydrogen (secondary N) is 1. The molecule has 0 fully saturated rings. The Bertz CT molecular complexity index is 804. The summed E-state index contributed by atoms with van der Waals surface area (Å²) in [6.45, 7) is 0.307. The van der Waals surface area contributed by atoms with Gasteiger partial charge >= 0.3 is 5.97 Å². The normalized spacial score (nSPS) is 10.2. The number of anilines is 1. The fourth-order valence-electron chi connectivity index (χ4n) is 2.35.